The smallest absolute Gasteiger partial charge is 0.408 e. The Morgan fingerprint density at radius 1 is 1.27 bits per heavy atom. The van der Waals surface area contributed by atoms with E-state index in [4.69, 9.17) is 11.2 Å². The van der Waals surface area contributed by atoms with E-state index in [9.17, 15) is 9.59 Å². The van der Waals surface area contributed by atoms with Crippen LogP contribution in [0.4, 0.5) is 4.79 Å². The van der Waals surface area contributed by atoms with Crippen LogP contribution < -0.4 is 5.32 Å². The van der Waals surface area contributed by atoms with Gasteiger partial charge in [0.1, 0.15) is 6.61 Å². The minimum Gasteiger partial charge on any atom is -0.445 e. The first-order valence-electron chi connectivity index (χ1n) is 7.46. The number of amides is 1. The van der Waals surface area contributed by atoms with Gasteiger partial charge in [-0.1, -0.05) is 44.2 Å². The summed E-state index contributed by atoms with van der Waals surface area (Å²) < 4.78 is 5.15. The van der Waals surface area contributed by atoms with Crippen molar-refractivity contribution < 1.29 is 14.3 Å². The lowest BCUT2D eigenvalue weighted by atomic mass is 9.98. The number of ether oxygens (including phenoxy) is 1. The van der Waals surface area contributed by atoms with Gasteiger partial charge in [-0.3, -0.25) is 4.79 Å². The summed E-state index contributed by atoms with van der Waals surface area (Å²) in [7, 11) is 0. The highest BCUT2D eigenvalue weighted by molar-refractivity contribution is 5.87. The SMILES string of the molecule is C#CCCC(=O)[C@H](CC(C)C)NC(=O)OCc1ccccc1. The van der Waals surface area contributed by atoms with E-state index in [1.54, 1.807) is 0 Å². The van der Waals surface area contributed by atoms with E-state index in [0.29, 0.717) is 12.8 Å². The first-order valence-corrected chi connectivity index (χ1v) is 7.46. The van der Waals surface area contributed by atoms with Crippen molar-refractivity contribution in [1.29, 1.82) is 0 Å². The van der Waals surface area contributed by atoms with E-state index in [1.165, 1.54) is 0 Å². The highest BCUT2D eigenvalue weighted by atomic mass is 16.5. The van der Waals surface area contributed by atoms with E-state index in [1.807, 2.05) is 44.2 Å². The Hall–Kier alpha value is -2.28. The number of carbonyl (C=O) groups is 2. The molecule has 0 aromatic heterocycles. The number of rotatable bonds is 8. The third kappa shape index (κ3) is 6.94. The summed E-state index contributed by atoms with van der Waals surface area (Å²) in [5, 5.41) is 2.65. The number of alkyl carbamates (subject to hydrolysis) is 1. The Balaban J connectivity index is 2.51. The molecule has 0 saturated carbocycles. The van der Waals surface area contributed by atoms with Crippen molar-refractivity contribution in [3.8, 4) is 12.3 Å². The Morgan fingerprint density at radius 2 is 1.95 bits per heavy atom. The second-order valence-electron chi connectivity index (χ2n) is 5.56. The van der Waals surface area contributed by atoms with Crippen LogP contribution in [0.15, 0.2) is 30.3 Å². The van der Waals surface area contributed by atoms with Gasteiger partial charge < -0.3 is 10.1 Å². The fourth-order valence-corrected chi connectivity index (χ4v) is 2.02. The monoisotopic (exact) mass is 301 g/mol. The maximum absolute atomic E-state index is 12.1. The Morgan fingerprint density at radius 3 is 2.55 bits per heavy atom. The fraction of sp³-hybridized carbons (Fsp3) is 0.444. The standard InChI is InChI=1S/C18H23NO3/c1-4-5-11-17(20)16(12-14(2)3)19-18(21)22-13-15-9-7-6-8-10-15/h1,6-10,14,16H,5,11-13H2,2-3H3,(H,19,21)/t16-/m0/s1. The number of nitrogens with one attached hydrogen (secondary N) is 1. The van der Waals surface area contributed by atoms with Gasteiger partial charge in [0.15, 0.2) is 5.78 Å². The molecule has 1 rings (SSSR count). The molecule has 0 bridgehead atoms. The lowest BCUT2D eigenvalue weighted by Gasteiger charge is -2.19. The average molecular weight is 301 g/mol. The third-order valence-electron chi connectivity index (χ3n) is 3.12. The number of ketones is 1. The van der Waals surface area contributed by atoms with E-state index in [-0.39, 0.29) is 24.7 Å². The normalized spacial score (nSPS) is 11.5. The number of hydrogen-bond donors (Lipinski definition) is 1. The van der Waals surface area contributed by atoms with Crippen molar-refractivity contribution in [2.75, 3.05) is 0 Å². The first kappa shape index (κ1) is 17.8. The van der Waals surface area contributed by atoms with Gasteiger partial charge in [-0.15, -0.1) is 12.3 Å². The van der Waals surface area contributed by atoms with Gasteiger partial charge in [-0.05, 0) is 17.9 Å². The summed E-state index contributed by atoms with van der Waals surface area (Å²) >= 11 is 0. The van der Waals surface area contributed by atoms with Crippen LogP contribution in [0.2, 0.25) is 0 Å². The Bertz CT molecular complexity index is 517. The summed E-state index contributed by atoms with van der Waals surface area (Å²) in [6, 6.07) is 8.85. The molecule has 118 valence electrons. The van der Waals surface area contributed by atoms with E-state index in [2.05, 4.69) is 11.2 Å². The van der Waals surface area contributed by atoms with Crippen LogP contribution in [0.3, 0.4) is 0 Å². The van der Waals surface area contributed by atoms with Crippen LogP contribution in [0.1, 0.15) is 38.7 Å². The minimum absolute atomic E-state index is 0.0525. The second-order valence-corrected chi connectivity index (χ2v) is 5.56. The minimum atomic E-state index is -0.580. The Kier molecular flexibility index (Phi) is 7.77. The molecular weight excluding hydrogens is 278 g/mol. The first-order chi connectivity index (χ1) is 10.5. The molecule has 0 spiro atoms. The number of hydrogen-bond acceptors (Lipinski definition) is 3. The fourth-order valence-electron chi connectivity index (χ4n) is 2.02. The van der Waals surface area contributed by atoms with Gasteiger partial charge in [0.25, 0.3) is 0 Å². The largest absolute Gasteiger partial charge is 0.445 e. The molecule has 4 heteroatoms. The molecule has 0 fully saturated rings. The van der Waals surface area contributed by atoms with Crippen LogP contribution in [0.5, 0.6) is 0 Å². The van der Waals surface area contributed by atoms with Crippen LogP contribution in [-0.2, 0) is 16.1 Å². The van der Waals surface area contributed by atoms with Crippen LogP contribution in [-0.4, -0.2) is 17.9 Å². The summed E-state index contributed by atoms with van der Waals surface area (Å²) in [6.07, 6.45) is 5.82. The molecule has 22 heavy (non-hydrogen) atoms. The molecule has 1 N–H and O–H groups in total. The summed E-state index contributed by atoms with van der Waals surface area (Å²) in [6.45, 7) is 4.18. The number of carbonyl (C=O) groups excluding carboxylic acids is 2. The van der Waals surface area contributed by atoms with Crippen molar-refractivity contribution in [2.45, 2.75) is 45.8 Å². The van der Waals surface area contributed by atoms with Gasteiger partial charge in [0.2, 0.25) is 0 Å². The quantitative estimate of drug-likeness (QED) is 0.749. The van der Waals surface area contributed by atoms with Crippen molar-refractivity contribution in [2.24, 2.45) is 5.92 Å². The van der Waals surface area contributed by atoms with Crippen molar-refractivity contribution in [1.82, 2.24) is 5.32 Å². The summed E-state index contributed by atoms with van der Waals surface area (Å²) in [4.78, 5) is 23.9. The van der Waals surface area contributed by atoms with Crippen molar-refractivity contribution in [3.05, 3.63) is 35.9 Å². The maximum atomic E-state index is 12.1. The lowest BCUT2D eigenvalue weighted by molar-refractivity contribution is -0.121. The Labute approximate surface area is 132 Å². The van der Waals surface area contributed by atoms with E-state index < -0.39 is 12.1 Å². The van der Waals surface area contributed by atoms with Crippen LogP contribution in [0, 0.1) is 18.3 Å². The summed E-state index contributed by atoms with van der Waals surface area (Å²) in [5.41, 5.74) is 0.900. The van der Waals surface area contributed by atoms with Gasteiger partial charge in [0, 0.05) is 12.8 Å². The zero-order valence-electron chi connectivity index (χ0n) is 13.2. The molecule has 1 aromatic rings. The summed E-state index contributed by atoms with van der Waals surface area (Å²) in [5.74, 6) is 2.68. The van der Waals surface area contributed by atoms with Gasteiger partial charge in [-0.25, -0.2) is 4.79 Å². The molecule has 1 aromatic carbocycles. The highest BCUT2D eigenvalue weighted by Gasteiger charge is 2.21. The molecule has 0 aliphatic carbocycles. The second kappa shape index (κ2) is 9.62. The molecular formula is C18H23NO3. The number of benzene rings is 1. The third-order valence-corrected chi connectivity index (χ3v) is 3.12. The molecule has 0 unspecified atom stereocenters. The van der Waals surface area contributed by atoms with E-state index >= 15 is 0 Å². The lowest BCUT2D eigenvalue weighted by Crippen LogP contribution is -2.41. The predicted octanol–water partition coefficient (Wildman–Crippen LogP) is 3.31. The average Bonchev–Trinajstić information content (AvgIpc) is 2.50. The van der Waals surface area contributed by atoms with Gasteiger partial charge >= 0.3 is 6.09 Å². The van der Waals surface area contributed by atoms with Crippen LogP contribution in [0.25, 0.3) is 0 Å². The van der Waals surface area contributed by atoms with Crippen LogP contribution >= 0.6 is 0 Å². The predicted molar refractivity (Wildman–Crippen MR) is 86.1 cm³/mol. The molecule has 0 radical (unpaired) electrons. The number of Topliss-reactive ketones (excluding diaryl/α,β-unsaturated/α-hetero) is 1. The topological polar surface area (TPSA) is 55.4 Å². The zero-order chi connectivity index (χ0) is 16.4. The van der Waals surface area contributed by atoms with Crippen molar-refractivity contribution >= 4 is 11.9 Å². The maximum Gasteiger partial charge on any atom is 0.408 e. The highest BCUT2D eigenvalue weighted by Crippen LogP contribution is 2.09. The van der Waals surface area contributed by atoms with Gasteiger partial charge in [-0.2, -0.15) is 0 Å². The number of terminal acetylenes is 1. The molecule has 0 saturated heterocycles. The van der Waals surface area contributed by atoms with Crippen molar-refractivity contribution in [3.63, 3.8) is 0 Å². The molecule has 0 aliphatic rings. The van der Waals surface area contributed by atoms with E-state index in [0.717, 1.165) is 5.56 Å². The molecule has 0 aliphatic heterocycles. The zero-order valence-corrected chi connectivity index (χ0v) is 13.2. The molecule has 0 heterocycles. The molecule has 4 nitrogen and oxygen atoms in total. The molecule has 1 atom stereocenters. The van der Waals surface area contributed by atoms with Gasteiger partial charge in [0.05, 0.1) is 6.04 Å². The molecule has 1 amide bonds.